The molecule has 0 bridgehead atoms. The Morgan fingerprint density at radius 1 is 1.50 bits per heavy atom. The maximum Gasteiger partial charge on any atom is 0.106 e. The van der Waals surface area contributed by atoms with Crippen molar-refractivity contribution < 1.29 is 10.2 Å². The van der Waals surface area contributed by atoms with Gasteiger partial charge in [-0.1, -0.05) is 27.5 Å². The standard InChI is InChI=1S/C9H11BrClNO2/c10-3-1-8(13)9(14)6-2-4-12-5-7(6)11/h2,4-5,8-9,13-14H,1,3H2. The van der Waals surface area contributed by atoms with E-state index < -0.39 is 12.2 Å². The molecule has 0 saturated carbocycles. The summed E-state index contributed by atoms with van der Waals surface area (Å²) in [5, 5.41) is 20.3. The van der Waals surface area contributed by atoms with E-state index in [1.54, 1.807) is 6.07 Å². The highest BCUT2D eigenvalue weighted by atomic mass is 79.9. The van der Waals surface area contributed by atoms with Gasteiger partial charge in [0.25, 0.3) is 0 Å². The monoisotopic (exact) mass is 279 g/mol. The highest BCUT2D eigenvalue weighted by Gasteiger charge is 2.19. The van der Waals surface area contributed by atoms with Crippen molar-refractivity contribution >= 4 is 27.5 Å². The molecular weight excluding hydrogens is 269 g/mol. The Bertz CT molecular complexity index is 298. The van der Waals surface area contributed by atoms with Crippen molar-refractivity contribution in [1.82, 2.24) is 4.98 Å². The number of halogens is 2. The molecule has 0 fully saturated rings. The van der Waals surface area contributed by atoms with Crippen LogP contribution in [0.25, 0.3) is 0 Å². The third-order valence-corrected chi connectivity index (χ3v) is 2.67. The molecule has 2 N–H and O–H groups in total. The fraction of sp³-hybridized carbons (Fsp3) is 0.444. The molecule has 1 heterocycles. The predicted molar refractivity (Wildman–Crippen MR) is 58.6 cm³/mol. The van der Waals surface area contributed by atoms with Gasteiger partial charge in [0.2, 0.25) is 0 Å². The van der Waals surface area contributed by atoms with Gasteiger partial charge in [0.15, 0.2) is 0 Å². The molecule has 3 nitrogen and oxygen atoms in total. The van der Waals surface area contributed by atoms with E-state index in [0.29, 0.717) is 22.3 Å². The van der Waals surface area contributed by atoms with Crippen LogP contribution in [-0.2, 0) is 0 Å². The Hall–Kier alpha value is -0.160. The SMILES string of the molecule is OC(CCBr)C(O)c1ccncc1Cl. The second-order valence-corrected chi connectivity index (χ2v) is 4.09. The Labute approximate surface area is 95.9 Å². The van der Waals surface area contributed by atoms with E-state index in [1.165, 1.54) is 12.4 Å². The minimum Gasteiger partial charge on any atom is -0.390 e. The number of rotatable bonds is 4. The van der Waals surface area contributed by atoms with Crippen LogP contribution in [0.4, 0.5) is 0 Å². The lowest BCUT2D eigenvalue weighted by Gasteiger charge is -2.17. The third kappa shape index (κ3) is 2.92. The van der Waals surface area contributed by atoms with Crippen LogP contribution in [0.15, 0.2) is 18.5 Å². The van der Waals surface area contributed by atoms with Crippen LogP contribution >= 0.6 is 27.5 Å². The smallest absolute Gasteiger partial charge is 0.106 e. The largest absolute Gasteiger partial charge is 0.390 e. The summed E-state index contributed by atoms with van der Waals surface area (Å²) in [6, 6.07) is 1.60. The molecule has 5 heteroatoms. The summed E-state index contributed by atoms with van der Waals surface area (Å²) in [7, 11) is 0. The number of pyridine rings is 1. The van der Waals surface area contributed by atoms with Crippen molar-refractivity contribution in [2.24, 2.45) is 0 Å². The van der Waals surface area contributed by atoms with E-state index in [2.05, 4.69) is 20.9 Å². The Balaban J connectivity index is 2.78. The number of aromatic nitrogens is 1. The van der Waals surface area contributed by atoms with Gasteiger partial charge in [0.05, 0.1) is 11.1 Å². The van der Waals surface area contributed by atoms with Gasteiger partial charge >= 0.3 is 0 Å². The lowest BCUT2D eigenvalue weighted by Crippen LogP contribution is -2.18. The second-order valence-electron chi connectivity index (χ2n) is 2.89. The van der Waals surface area contributed by atoms with Crippen molar-refractivity contribution in [3.8, 4) is 0 Å². The molecule has 0 radical (unpaired) electrons. The first kappa shape index (κ1) is 11.9. The average molecular weight is 281 g/mol. The molecule has 0 spiro atoms. The van der Waals surface area contributed by atoms with Crippen LogP contribution in [0.2, 0.25) is 5.02 Å². The molecule has 0 saturated heterocycles. The van der Waals surface area contributed by atoms with Crippen molar-refractivity contribution in [2.75, 3.05) is 5.33 Å². The zero-order chi connectivity index (χ0) is 10.6. The van der Waals surface area contributed by atoms with E-state index in [9.17, 15) is 10.2 Å². The first-order valence-electron chi connectivity index (χ1n) is 4.18. The fourth-order valence-electron chi connectivity index (χ4n) is 1.10. The molecule has 78 valence electrons. The maximum atomic E-state index is 9.72. The highest BCUT2D eigenvalue weighted by Crippen LogP contribution is 2.25. The third-order valence-electron chi connectivity index (χ3n) is 1.89. The lowest BCUT2D eigenvalue weighted by atomic mass is 10.0. The molecule has 0 aliphatic heterocycles. The van der Waals surface area contributed by atoms with E-state index in [-0.39, 0.29) is 0 Å². The molecule has 2 unspecified atom stereocenters. The summed E-state index contributed by atoms with van der Waals surface area (Å²) < 4.78 is 0. The number of aliphatic hydroxyl groups excluding tert-OH is 2. The van der Waals surface area contributed by atoms with Gasteiger partial charge in [-0.05, 0) is 12.5 Å². The minimum atomic E-state index is -0.956. The summed E-state index contributed by atoms with van der Waals surface area (Å²) in [6.45, 7) is 0. The predicted octanol–water partition coefficient (Wildman–Crippen LogP) is 1.91. The van der Waals surface area contributed by atoms with E-state index in [0.717, 1.165) is 0 Å². The fourth-order valence-corrected chi connectivity index (χ4v) is 1.80. The van der Waals surface area contributed by atoms with Gasteiger partial charge in [-0.15, -0.1) is 0 Å². The molecule has 0 aliphatic rings. The molecule has 0 aromatic carbocycles. The topological polar surface area (TPSA) is 53.4 Å². The van der Waals surface area contributed by atoms with Crippen LogP contribution in [-0.4, -0.2) is 26.6 Å². The zero-order valence-corrected chi connectivity index (χ0v) is 9.74. The first-order valence-corrected chi connectivity index (χ1v) is 5.68. The van der Waals surface area contributed by atoms with Crippen molar-refractivity contribution in [3.63, 3.8) is 0 Å². The minimum absolute atomic E-state index is 0.369. The van der Waals surface area contributed by atoms with Crippen LogP contribution in [0, 0.1) is 0 Å². The zero-order valence-electron chi connectivity index (χ0n) is 7.40. The quantitative estimate of drug-likeness (QED) is 0.829. The molecule has 1 aromatic rings. The Morgan fingerprint density at radius 2 is 2.21 bits per heavy atom. The van der Waals surface area contributed by atoms with E-state index in [4.69, 9.17) is 11.6 Å². The van der Waals surface area contributed by atoms with Gasteiger partial charge in [0.1, 0.15) is 6.10 Å². The summed E-state index contributed by atoms with van der Waals surface area (Å²) in [5.41, 5.74) is 0.509. The van der Waals surface area contributed by atoms with E-state index in [1.807, 2.05) is 0 Å². The molecule has 0 aliphatic carbocycles. The number of alkyl halides is 1. The van der Waals surface area contributed by atoms with Gasteiger partial charge in [-0.25, -0.2) is 0 Å². The van der Waals surface area contributed by atoms with Crippen LogP contribution in [0.1, 0.15) is 18.1 Å². The van der Waals surface area contributed by atoms with Crippen LogP contribution < -0.4 is 0 Å². The molecule has 14 heavy (non-hydrogen) atoms. The highest BCUT2D eigenvalue weighted by molar-refractivity contribution is 9.09. The number of nitrogens with zero attached hydrogens (tertiary/aromatic N) is 1. The Morgan fingerprint density at radius 3 is 2.79 bits per heavy atom. The van der Waals surface area contributed by atoms with Gasteiger partial charge in [-0.3, -0.25) is 4.98 Å². The van der Waals surface area contributed by atoms with E-state index >= 15 is 0 Å². The molecule has 2 atom stereocenters. The summed E-state index contributed by atoms with van der Waals surface area (Å²) >= 11 is 9.01. The molecule has 1 rings (SSSR count). The summed E-state index contributed by atoms with van der Waals surface area (Å²) in [4.78, 5) is 3.80. The van der Waals surface area contributed by atoms with Crippen molar-refractivity contribution in [1.29, 1.82) is 0 Å². The molecule has 0 amide bonds. The van der Waals surface area contributed by atoms with Crippen LogP contribution in [0.3, 0.4) is 0 Å². The number of aliphatic hydroxyl groups is 2. The van der Waals surface area contributed by atoms with Crippen molar-refractivity contribution in [3.05, 3.63) is 29.0 Å². The summed E-state index contributed by atoms with van der Waals surface area (Å²) in [6.07, 6.45) is 1.68. The summed E-state index contributed by atoms with van der Waals surface area (Å²) in [5.74, 6) is 0. The van der Waals surface area contributed by atoms with Crippen molar-refractivity contribution in [2.45, 2.75) is 18.6 Å². The van der Waals surface area contributed by atoms with Gasteiger partial charge < -0.3 is 10.2 Å². The number of hydrogen-bond acceptors (Lipinski definition) is 3. The molecular formula is C9H11BrClNO2. The second kappa shape index (κ2) is 5.66. The van der Waals surface area contributed by atoms with Gasteiger partial charge in [0, 0.05) is 23.3 Å². The Kier molecular flexibility index (Phi) is 4.81. The van der Waals surface area contributed by atoms with Gasteiger partial charge in [-0.2, -0.15) is 0 Å². The normalized spacial score (nSPS) is 15.1. The van der Waals surface area contributed by atoms with Crippen LogP contribution in [0.5, 0.6) is 0 Å². The average Bonchev–Trinajstić information content (AvgIpc) is 2.18. The molecule has 1 aromatic heterocycles. The maximum absolute atomic E-state index is 9.72. The number of hydrogen-bond donors (Lipinski definition) is 2. The lowest BCUT2D eigenvalue weighted by molar-refractivity contribution is 0.0174. The first-order chi connectivity index (χ1) is 6.66.